The highest BCUT2D eigenvalue weighted by Crippen LogP contribution is 2.25. The molecule has 1 aliphatic heterocycles. The molecule has 3 N–H and O–H groups in total. The van der Waals surface area contributed by atoms with Crippen LogP contribution in [0, 0.1) is 0 Å². The monoisotopic (exact) mass is 310 g/mol. The third-order valence-corrected chi connectivity index (χ3v) is 4.00. The molecule has 21 heavy (non-hydrogen) atoms. The van der Waals surface area contributed by atoms with E-state index in [1.807, 2.05) is 6.92 Å². The predicted molar refractivity (Wildman–Crippen MR) is 82.8 cm³/mol. The lowest BCUT2D eigenvalue weighted by Crippen LogP contribution is -2.40. The van der Waals surface area contributed by atoms with Crippen molar-refractivity contribution in [3.63, 3.8) is 0 Å². The number of nitrogens with one attached hydrogen (secondary N) is 1. The van der Waals surface area contributed by atoms with E-state index in [0.29, 0.717) is 35.9 Å². The topological polar surface area (TPSA) is 78.7 Å². The lowest BCUT2D eigenvalue weighted by molar-refractivity contribution is 0.0748. The zero-order chi connectivity index (χ0) is 15.6. The Hall–Kier alpha value is -1.79. The van der Waals surface area contributed by atoms with Gasteiger partial charge in [-0.1, -0.05) is 11.6 Å². The maximum Gasteiger partial charge on any atom is 0.321 e. The summed E-state index contributed by atoms with van der Waals surface area (Å²) >= 11 is 6.13. The molecule has 1 aliphatic rings. The second-order valence-corrected chi connectivity index (χ2v) is 5.46. The van der Waals surface area contributed by atoms with Crippen LogP contribution in [0.5, 0.6) is 0 Å². The van der Waals surface area contributed by atoms with Crippen molar-refractivity contribution >= 4 is 29.2 Å². The summed E-state index contributed by atoms with van der Waals surface area (Å²) in [6, 6.07) is 4.76. The molecule has 0 saturated carbocycles. The molecule has 114 valence electrons. The Morgan fingerprint density at radius 3 is 2.86 bits per heavy atom. The van der Waals surface area contributed by atoms with Gasteiger partial charge in [0.15, 0.2) is 0 Å². The Kier molecular flexibility index (Phi) is 4.69. The van der Waals surface area contributed by atoms with Crippen LogP contribution in [0.15, 0.2) is 18.2 Å². The predicted octanol–water partition coefficient (Wildman–Crippen LogP) is 1.29. The van der Waals surface area contributed by atoms with Crippen LogP contribution in [0.1, 0.15) is 17.3 Å². The molecule has 1 atom stereocenters. The van der Waals surface area contributed by atoms with E-state index in [2.05, 4.69) is 5.32 Å². The van der Waals surface area contributed by atoms with Crippen LogP contribution >= 0.6 is 11.6 Å². The number of nitrogens with zero attached hydrogens (tertiary/aromatic N) is 2. The number of hydrogen-bond donors (Lipinski definition) is 2. The van der Waals surface area contributed by atoms with Crippen molar-refractivity contribution in [3.05, 3.63) is 28.8 Å². The average molecular weight is 311 g/mol. The summed E-state index contributed by atoms with van der Waals surface area (Å²) in [6.07, 6.45) is 0. The van der Waals surface area contributed by atoms with Crippen molar-refractivity contribution in [1.82, 2.24) is 10.2 Å². The van der Waals surface area contributed by atoms with Crippen LogP contribution in [0.2, 0.25) is 5.02 Å². The summed E-state index contributed by atoms with van der Waals surface area (Å²) in [5.74, 6) is -0.209. The number of hydrogen-bond acceptors (Lipinski definition) is 3. The Bertz CT molecular complexity index is 564. The summed E-state index contributed by atoms with van der Waals surface area (Å²) in [5, 5.41) is 3.08. The van der Waals surface area contributed by atoms with Gasteiger partial charge in [0.05, 0.1) is 10.6 Å². The number of likely N-dealkylation sites (N-methyl/N-ethyl adjacent to an activating group) is 1. The standard InChI is InChI=1S/C14H19ClN4O2/c1-9(8-16)18(2)13(20)11-7-10(3-4-12(11)15)19-6-5-17-14(19)21/h3-4,7,9H,5-6,8,16H2,1-2H3,(H,17,21). The number of amides is 3. The number of nitrogens with two attached hydrogens (primary N) is 1. The molecule has 6 nitrogen and oxygen atoms in total. The second-order valence-electron chi connectivity index (χ2n) is 5.05. The van der Waals surface area contributed by atoms with E-state index in [-0.39, 0.29) is 18.0 Å². The molecule has 7 heteroatoms. The van der Waals surface area contributed by atoms with Gasteiger partial charge in [0.1, 0.15) is 0 Å². The first-order valence-electron chi connectivity index (χ1n) is 6.78. The highest BCUT2D eigenvalue weighted by atomic mass is 35.5. The molecule has 0 spiro atoms. The smallest absolute Gasteiger partial charge is 0.321 e. The fourth-order valence-corrected chi connectivity index (χ4v) is 2.31. The van der Waals surface area contributed by atoms with Crippen LogP contribution < -0.4 is 16.0 Å². The highest BCUT2D eigenvalue weighted by Gasteiger charge is 2.24. The first-order chi connectivity index (χ1) is 9.95. The molecule has 1 heterocycles. The van der Waals surface area contributed by atoms with Gasteiger partial charge in [-0.3, -0.25) is 9.69 Å². The molecule has 0 radical (unpaired) electrons. The molecule has 1 aromatic carbocycles. The largest absolute Gasteiger partial charge is 0.338 e. The Balaban J connectivity index is 2.31. The summed E-state index contributed by atoms with van der Waals surface area (Å²) in [6.45, 7) is 3.40. The van der Waals surface area contributed by atoms with Crippen LogP contribution in [0.25, 0.3) is 0 Å². The fourth-order valence-electron chi connectivity index (χ4n) is 2.11. The summed E-state index contributed by atoms with van der Waals surface area (Å²) in [5.41, 5.74) is 6.62. The van der Waals surface area contributed by atoms with Gasteiger partial charge in [-0.2, -0.15) is 0 Å². The Morgan fingerprint density at radius 2 is 2.29 bits per heavy atom. The van der Waals surface area contributed by atoms with Crippen LogP contribution in [-0.4, -0.2) is 49.6 Å². The highest BCUT2D eigenvalue weighted by molar-refractivity contribution is 6.34. The molecule has 0 aliphatic carbocycles. The average Bonchev–Trinajstić information content (AvgIpc) is 2.91. The minimum Gasteiger partial charge on any atom is -0.338 e. The lowest BCUT2D eigenvalue weighted by atomic mass is 10.1. The minimum atomic E-state index is -0.209. The summed E-state index contributed by atoms with van der Waals surface area (Å²) in [7, 11) is 1.69. The van der Waals surface area contributed by atoms with Crippen molar-refractivity contribution in [2.45, 2.75) is 13.0 Å². The van der Waals surface area contributed by atoms with E-state index >= 15 is 0 Å². The van der Waals surface area contributed by atoms with Gasteiger partial charge < -0.3 is 16.0 Å². The van der Waals surface area contributed by atoms with E-state index in [1.54, 1.807) is 35.0 Å². The van der Waals surface area contributed by atoms with Gasteiger partial charge in [-0.25, -0.2) is 4.79 Å². The van der Waals surface area contributed by atoms with Gasteiger partial charge in [0.25, 0.3) is 5.91 Å². The number of anilines is 1. The van der Waals surface area contributed by atoms with Crippen LogP contribution in [0.4, 0.5) is 10.5 Å². The van der Waals surface area contributed by atoms with Gasteiger partial charge in [-0.15, -0.1) is 0 Å². The fraction of sp³-hybridized carbons (Fsp3) is 0.429. The first kappa shape index (κ1) is 15.6. The third kappa shape index (κ3) is 3.11. The zero-order valence-electron chi connectivity index (χ0n) is 12.1. The van der Waals surface area contributed by atoms with Crippen molar-refractivity contribution in [2.75, 3.05) is 31.6 Å². The quantitative estimate of drug-likeness (QED) is 0.879. The first-order valence-corrected chi connectivity index (χ1v) is 7.15. The maximum atomic E-state index is 12.5. The van der Waals surface area contributed by atoms with Crippen molar-refractivity contribution in [3.8, 4) is 0 Å². The molecule has 0 bridgehead atoms. The molecule has 2 rings (SSSR count). The van der Waals surface area contributed by atoms with Crippen molar-refractivity contribution < 1.29 is 9.59 Å². The van der Waals surface area contributed by atoms with Gasteiger partial charge >= 0.3 is 6.03 Å². The summed E-state index contributed by atoms with van der Waals surface area (Å²) < 4.78 is 0. The number of benzene rings is 1. The zero-order valence-corrected chi connectivity index (χ0v) is 12.9. The molecular weight excluding hydrogens is 292 g/mol. The minimum absolute atomic E-state index is 0.0905. The number of carbonyl (C=O) groups excluding carboxylic acids is 2. The molecule has 1 fully saturated rings. The number of carbonyl (C=O) groups is 2. The lowest BCUT2D eigenvalue weighted by Gasteiger charge is -2.25. The second kappa shape index (κ2) is 6.32. The normalized spacial score (nSPS) is 15.8. The van der Waals surface area contributed by atoms with E-state index in [1.165, 1.54) is 0 Å². The van der Waals surface area contributed by atoms with Gasteiger partial charge in [0.2, 0.25) is 0 Å². The SMILES string of the molecule is CC(CN)N(C)C(=O)c1cc(N2CCNC2=O)ccc1Cl. The van der Waals surface area contributed by atoms with Crippen LogP contribution in [-0.2, 0) is 0 Å². The molecule has 1 aromatic rings. The number of urea groups is 1. The van der Waals surface area contributed by atoms with Gasteiger partial charge in [-0.05, 0) is 25.1 Å². The third-order valence-electron chi connectivity index (χ3n) is 3.67. The van der Waals surface area contributed by atoms with Crippen LogP contribution in [0.3, 0.4) is 0 Å². The Morgan fingerprint density at radius 1 is 1.57 bits per heavy atom. The van der Waals surface area contributed by atoms with Crippen molar-refractivity contribution in [2.24, 2.45) is 5.73 Å². The van der Waals surface area contributed by atoms with E-state index in [0.717, 1.165) is 0 Å². The van der Waals surface area contributed by atoms with Gasteiger partial charge in [0, 0.05) is 38.4 Å². The molecule has 3 amide bonds. The number of halogens is 1. The van der Waals surface area contributed by atoms with E-state index in [4.69, 9.17) is 17.3 Å². The molecular formula is C14H19ClN4O2. The van der Waals surface area contributed by atoms with E-state index in [9.17, 15) is 9.59 Å². The van der Waals surface area contributed by atoms with E-state index < -0.39 is 0 Å². The molecule has 1 saturated heterocycles. The number of rotatable bonds is 4. The summed E-state index contributed by atoms with van der Waals surface area (Å²) in [4.78, 5) is 27.3. The maximum absolute atomic E-state index is 12.5. The molecule has 1 unspecified atom stereocenters. The molecule has 0 aromatic heterocycles. The Labute approximate surface area is 128 Å². The van der Waals surface area contributed by atoms with Crippen molar-refractivity contribution in [1.29, 1.82) is 0 Å².